The Morgan fingerprint density at radius 2 is 2.10 bits per heavy atom. The maximum absolute atomic E-state index is 5.88. The number of ether oxygens (including phenoxy) is 1. The lowest BCUT2D eigenvalue weighted by Gasteiger charge is -2.11. The summed E-state index contributed by atoms with van der Waals surface area (Å²) < 4.78 is 5.66. The Hall–Kier alpha value is -1.65. The van der Waals surface area contributed by atoms with Crippen molar-refractivity contribution in [3.05, 3.63) is 46.9 Å². The van der Waals surface area contributed by atoms with Crippen LogP contribution in [0.1, 0.15) is 25.1 Å². The first-order valence-electron chi connectivity index (χ1n) is 7.00. The predicted octanol–water partition coefficient (Wildman–Crippen LogP) is 3.98. The van der Waals surface area contributed by atoms with Crippen LogP contribution < -0.4 is 10.1 Å². The highest BCUT2D eigenvalue weighted by Crippen LogP contribution is 2.22. The highest BCUT2D eigenvalue weighted by atomic mass is 35.5. The summed E-state index contributed by atoms with van der Waals surface area (Å²) in [5.74, 6) is 1.76. The van der Waals surface area contributed by atoms with E-state index < -0.39 is 0 Å². The molecule has 0 bridgehead atoms. The first-order valence-corrected chi connectivity index (χ1v) is 7.38. The molecule has 0 atom stereocenters. The van der Waals surface area contributed by atoms with Crippen molar-refractivity contribution in [2.75, 3.05) is 6.54 Å². The van der Waals surface area contributed by atoms with Gasteiger partial charge in [0.25, 0.3) is 0 Å². The SMILES string of the molecule is Cc1nc(Oc2cncc(Cl)c2)ccc1CNCC(C)C. The summed E-state index contributed by atoms with van der Waals surface area (Å²) in [6, 6.07) is 5.60. The third-order valence-electron chi connectivity index (χ3n) is 2.94. The summed E-state index contributed by atoms with van der Waals surface area (Å²) >= 11 is 5.88. The number of halogens is 1. The largest absolute Gasteiger partial charge is 0.437 e. The van der Waals surface area contributed by atoms with Crippen molar-refractivity contribution in [2.24, 2.45) is 5.92 Å². The summed E-state index contributed by atoms with van der Waals surface area (Å²) in [5.41, 5.74) is 2.13. The first kappa shape index (κ1) is 15.7. The minimum absolute atomic E-state index is 0.540. The molecule has 0 saturated heterocycles. The van der Waals surface area contributed by atoms with E-state index >= 15 is 0 Å². The van der Waals surface area contributed by atoms with Crippen molar-refractivity contribution in [3.63, 3.8) is 0 Å². The minimum Gasteiger partial charge on any atom is -0.437 e. The Morgan fingerprint density at radius 3 is 2.76 bits per heavy atom. The van der Waals surface area contributed by atoms with Crippen molar-refractivity contribution < 1.29 is 4.74 Å². The molecule has 0 amide bonds. The average Bonchev–Trinajstić information content (AvgIpc) is 2.41. The van der Waals surface area contributed by atoms with Crippen LogP contribution in [0.25, 0.3) is 0 Å². The van der Waals surface area contributed by atoms with Gasteiger partial charge in [0.2, 0.25) is 5.88 Å². The van der Waals surface area contributed by atoms with Gasteiger partial charge in [0.15, 0.2) is 0 Å². The van der Waals surface area contributed by atoms with E-state index in [9.17, 15) is 0 Å². The van der Waals surface area contributed by atoms with Crippen LogP contribution in [0.4, 0.5) is 0 Å². The normalized spacial score (nSPS) is 10.9. The van der Waals surface area contributed by atoms with Gasteiger partial charge in [-0.05, 0) is 24.9 Å². The van der Waals surface area contributed by atoms with Gasteiger partial charge in [-0.1, -0.05) is 31.5 Å². The number of hydrogen-bond acceptors (Lipinski definition) is 4. The summed E-state index contributed by atoms with van der Waals surface area (Å²) in [4.78, 5) is 8.45. The van der Waals surface area contributed by atoms with E-state index in [1.807, 2.05) is 19.1 Å². The van der Waals surface area contributed by atoms with E-state index in [0.29, 0.717) is 22.6 Å². The van der Waals surface area contributed by atoms with E-state index in [0.717, 1.165) is 18.8 Å². The topological polar surface area (TPSA) is 47.0 Å². The monoisotopic (exact) mass is 305 g/mol. The molecule has 0 aliphatic heterocycles. The zero-order valence-corrected chi connectivity index (χ0v) is 13.3. The molecule has 4 nitrogen and oxygen atoms in total. The molecule has 2 heterocycles. The van der Waals surface area contributed by atoms with E-state index in [-0.39, 0.29) is 0 Å². The Labute approximate surface area is 130 Å². The highest BCUT2D eigenvalue weighted by molar-refractivity contribution is 6.30. The van der Waals surface area contributed by atoms with E-state index in [1.165, 1.54) is 5.56 Å². The Morgan fingerprint density at radius 1 is 1.29 bits per heavy atom. The molecule has 0 saturated carbocycles. The number of nitrogens with one attached hydrogen (secondary N) is 1. The molecule has 0 fully saturated rings. The van der Waals surface area contributed by atoms with Crippen molar-refractivity contribution in [2.45, 2.75) is 27.3 Å². The third-order valence-corrected chi connectivity index (χ3v) is 3.15. The van der Waals surface area contributed by atoms with Crippen molar-refractivity contribution in [1.29, 1.82) is 0 Å². The van der Waals surface area contributed by atoms with Gasteiger partial charge in [-0.2, -0.15) is 0 Å². The lowest BCUT2D eigenvalue weighted by Crippen LogP contribution is -2.19. The molecule has 0 aromatic carbocycles. The summed E-state index contributed by atoms with van der Waals surface area (Å²) in [6.45, 7) is 8.17. The molecule has 2 aromatic rings. The standard InChI is InChI=1S/C16H20ClN3O/c1-11(2)7-18-8-13-4-5-16(20-12(13)3)21-15-6-14(17)9-19-10-15/h4-6,9-11,18H,7-8H2,1-3H3. The Kier molecular flexibility index (Phi) is 5.53. The van der Waals surface area contributed by atoms with Gasteiger partial charge < -0.3 is 10.1 Å². The smallest absolute Gasteiger partial charge is 0.219 e. The lowest BCUT2D eigenvalue weighted by molar-refractivity contribution is 0.458. The summed E-state index contributed by atoms with van der Waals surface area (Å²) in [5, 5.41) is 3.95. The van der Waals surface area contributed by atoms with Crippen LogP contribution >= 0.6 is 11.6 Å². The summed E-state index contributed by atoms with van der Waals surface area (Å²) in [6.07, 6.45) is 3.18. The number of aromatic nitrogens is 2. The van der Waals surface area contributed by atoms with E-state index in [1.54, 1.807) is 18.5 Å². The first-order chi connectivity index (χ1) is 10.0. The molecule has 0 spiro atoms. The van der Waals surface area contributed by atoms with Gasteiger partial charge in [-0.3, -0.25) is 4.98 Å². The predicted molar refractivity (Wildman–Crippen MR) is 84.8 cm³/mol. The Balaban J connectivity index is 2.01. The van der Waals surface area contributed by atoms with Gasteiger partial charge in [-0.25, -0.2) is 4.98 Å². The number of nitrogens with zero attached hydrogens (tertiary/aromatic N) is 2. The van der Waals surface area contributed by atoms with Crippen LogP contribution in [0.5, 0.6) is 11.6 Å². The third kappa shape index (κ3) is 4.99. The minimum atomic E-state index is 0.540. The van der Waals surface area contributed by atoms with Crippen molar-refractivity contribution in [3.8, 4) is 11.6 Å². The van der Waals surface area contributed by atoms with Crippen LogP contribution in [0.2, 0.25) is 5.02 Å². The zero-order valence-electron chi connectivity index (χ0n) is 12.6. The molecule has 5 heteroatoms. The fraction of sp³-hybridized carbons (Fsp3) is 0.375. The molecular formula is C16H20ClN3O. The molecule has 0 radical (unpaired) electrons. The van der Waals surface area contributed by atoms with Crippen LogP contribution in [-0.4, -0.2) is 16.5 Å². The molecular weight excluding hydrogens is 286 g/mol. The molecule has 2 aromatic heterocycles. The number of pyridine rings is 2. The van der Waals surface area contributed by atoms with Crippen LogP contribution in [0.15, 0.2) is 30.6 Å². The maximum Gasteiger partial charge on any atom is 0.219 e. The van der Waals surface area contributed by atoms with Crippen LogP contribution in [-0.2, 0) is 6.54 Å². The maximum atomic E-state index is 5.88. The zero-order chi connectivity index (χ0) is 15.2. The van der Waals surface area contributed by atoms with Gasteiger partial charge in [0.05, 0.1) is 11.2 Å². The van der Waals surface area contributed by atoms with E-state index in [4.69, 9.17) is 16.3 Å². The van der Waals surface area contributed by atoms with Crippen LogP contribution in [0, 0.1) is 12.8 Å². The highest BCUT2D eigenvalue weighted by Gasteiger charge is 2.05. The fourth-order valence-corrected chi connectivity index (χ4v) is 2.04. The van der Waals surface area contributed by atoms with Gasteiger partial charge >= 0.3 is 0 Å². The van der Waals surface area contributed by atoms with Crippen molar-refractivity contribution in [1.82, 2.24) is 15.3 Å². The molecule has 0 aliphatic carbocycles. The second-order valence-corrected chi connectivity index (χ2v) is 5.80. The van der Waals surface area contributed by atoms with Crippen LogP contribution in [0.3, 0.4) is 0 Å². The van der Waals surface area contributed by atoms with Gasteiger partial charge in [0, 0.05) is 30.6 Å². The molecule has 0 unspecified atom stereocenters. The van der Waals surface area contributed by atoms with Gasteiger partial charge in [-0.15, -0.1) is 0 Å². The second-order valence-electron chi connectivity index (χ2n) is 5.36. The summed E-state index contributed by atoms with van der Waals surface area (Å²) in [7, 11) is 0. The number of aryl methyl sites for hydroxylation is 1. The molecule has 0 aliphatic rings. The van der Waals surface area contributed by atoms with Crippen molar-refractivity contribution >= 4 is 11.6 Å². The number of hydrogen-bond donors (Lipinski definition) is 1. The molecule has 21 heavy (non-hydrogen) atoms. The van der Waals surface area contributed by atoms with Gasteiger partial charge in [0.1, 0.15) is 5.75 Å². The molecule has 2 rings (SSSR count). The quantitative estimate of drug-likeness (QED) is 0.877. The number of rotatable bonds is 6. The average molecular weight is 306 g/mol. The Bertz CT molecular complexity index is 602. The molecule has 1 N–H and O–H groups in total. The van der Waals surface area contributed by atoms with E-state index in [2.05, 4.69) is 29.1 Å². The second kappa shape index (κ2) is 7.38. The molecule has 112 valence electrons. The fourth-order valence-electron chi connectivity index (χ4n) is 1.87. The lowest BCUT2D eigenvalue weighted by atomic mass is 10.2.